The Bertz CT molecular complexity index is 1290. The van der Waals surface area contributed by atoms with Gasteiger partial charge in [-0.15, -0.1) is 0 Å². The molecule has 0 unspecified atom stereocenters. The molecule has 4 rings (SSSR count). The van der Waals surface area contributed by atoms with E-state index in [9.17, 15) is 4.79 Å². The summed E-state index contributed by atoms with van der Waals surface area (Å²) in [5, 5.41) is 4.80. The molecule has 0 aliphatic heterocycles. The highest BCUT2D eigenvalue weighted by molar-refractivity contribution is 6.32. The van der Waals surface area contributed by atoms with Crippen LogP contribution in [-0.2, 0) is 7.05 Å². The van der Waals surface area contributed by atoms with E-state index in [0.717, 1.165) is 22.3 Å². The summed E-state index contributed by atoms with van der Waals surface area (Å²) < 4.78 is 7.70. The van der Waals surface area contributed by atoms with Crippen molar-refractivity contribution in [2.75, 3.05) is 5.32 Å². The molecule has 4 aromatic rings. The summed E-state index contributed by atoms with van der Waals surface area (Å²) in [6, 6.07) is 13.3. The van der Waals surface area contributed by atoms with Crippen molar-refractivity contribution in [3.63, 3.8) is 0 Å². The molecule has 2 aromatic heterocycles. The van der Waals surface area contributed by atoms with E-state index in [1.54, 1.807) is 12.4 Å². The lowest BCUT2D eigenvalue weighted by molar-refractivity contribution is 0.243. The SMILES string of the molecule is CC(C)Oc1cc2[nH]c(=O)c([C@H](C)Nc3cccc(-c4cncn4C)c3)cc2cc1Cl. The molecule has 0 spiro atoms. The summed E-state index contributed by atoms with van der Waals surface area (Å²) in [4.78, 5) is 19.9. The monoisotopic (exact) mass is 436 g/mol. The Morgan fingerprint density at radius 2 is 1.97 bits per heavy atom. The molecule has 1 atom stereocenters. The topological polar surface area (TPSA) is 71.9 Å². The Hall–Kier alpha value is -3.25. The van der Waals surface area contributed by atoms with Gasteiger partial charge in [-0.1, -0.05) is 23.7 Å². The van der Waals surface area contributed by atoms with E-state index in [-0.39, 0.29) is 17.7 Å². The number of nitrogens with zero attached hydrogens (tertiary/aromatic N) is 2. The van der Waals surface area contributed by atoms with Crippen molar-refractivity contribution < 1.29 is 4.74 Å². The maximum Gasteiger partial charge on any atom is 0.253 e. The van der Waals surface area contributed by atoms with Gasteiger partial charge >= 0.3 is 0 Å². The van der Waals surface area contributed by atoms with Crippen molar-refractivity contribution in [1.29, 1.82) is 0 Å². The second kappa shape index (κ2) is 8.47. The molecule has 0 aliphatic carbocycles. The van der Waals surface area contributed by atoms with Gasteiger partial charge in [0.2, 0.25) is 0 Å². The van der Waals surface area contributed by atoms with Crippen molar-refractivity contribution >= 4 is 28.2 Å². The standard InChI is InChI=1S/C24H25ClN4O2/c1-14(2)31-23-11-21-17(10-20(23)25)9-19(24(30)28-21)15(3)27-18-7-5-6-16(8-18)22-12-26-13-29(22)4/h5-15,27H,1-4H3,(H,28,30)/t15-/m0/s1. The normalized spacial score (nSPS) is 12.3. The molecule has 0 radical (unpaired) electrons. The molecular formula is C24H25ClN4O2. The first-order valence-electron chi connectivity index (χ1n) is 10.2. The summed E-state index contributed by atoms with van der Waals surface area (Å²) in [5.74, 6) is 0.561. The Morgan fingerprint density at radius 1 is 1.16 bits per heavy atom. The maximum atomic E-state index is 12.8. The van der Waals surface area contributed by atoms with Gasteiger partial charge in [-0.2, -0.15) is 0 Å². The maximum absolute atomic E-state index is 12.8. The lowest BCUT2D eigenvalue weighted by atomic mass is 10.1. The number of hydrogen-bond donors (Lipinski definition) is 2. The van der Waals surface area contributed by atoms with E-state index in [2.05, 4.69) is 21.4 Å². The van der Waals surface area contributed by atoms with Crippen molar-refractivity contribution in [2.24, 2.45) is 7.05 Å². The molecule has 0 saturated heterocycles. The predicted molar refractivity (Wildman–Crippen MR) is 126 cm³/mol. The van der Waals surface area contributed by atoms with Gasteiger partial charge in [0, 0.05) is 35.3 Å². The number of hydrogen-bond acceptors (Lipinski definition) is 4. The van der Waals surface area contributed by atoms with Gasteiger partial charge in [0.25, 0.3) is 5.56 Å². The zero-order valence-electron chi connectivity index (χ0n) is 17.9. The molecule has 160 valence electrons. The number of benzene rings is 2. The van der Waals surface area contributed by atoms with Crippen molar-refractivity contribution in [3.05, 3.63) is 75.9 Å². The first-order valence-corrected chi connectivity index (χ1v) is 10.6. The van der Waals surface area contributed by atoms with Crippen LogP contribution < -0.4 is 15.6 Å². The van der Waals surface area contributed by atoms with Gasteiger partial charge in [-0.3, -0.25) is 4.79 Å². The van der Waals surface area contributed by atoms with E-state index in [4.69, 9.17) is 16.3 Å². The highest BCUT2D eigenvalue weighted by atomic mass is 35.5. The van der Waals surface area contributed by atoms with Crippen molar-refractivity contribution in [2.45, 2.75) is 32.9 Å². The largest absolute Gasteiger partial charge is 0.489 e. The van der Waals surface area contributed by atoms with Gasteiger partial charge in [0.1, 0.15) is 5.75 Å². The van der Waals surface area contributed by atoms with Crippen LogP contribution in [0.3, 0.4) is 0 Å². The van der Waals surface area contributed by atoms with E-state index >= 15 is 0 Å². The van der Waals surface area contributed by atoms with Gasteiger partial charge in [-0.05, 0) is 45.0 Å². The lowest BCUT2D eigenvalue weighted by Crippen LogP contribution is -2.19. The van der Waals surface area contributed by atoms with E-state index in [0.29, 0.717) is 21.9 Å². The van der Waals surface area contributed by atoms with Crippen LogP contribution in [0.2, 0.25) is 5.02 Å². The molecule has 2 aromatic carbocycles. The third kappa shape index (κ3) is 4.44. The number of H-pyrrole nitrogens is 1. The molecule has 0 saturated carbocycles. The van der Waals surface area contributed by atoms with Gasteiger partial charge in [0.15, 0.2) is 0 Å². The van der Waals surface area contributed by atoms with Crippen LogP contribution in [0.25, 0.3) is 22.2 Å². The van der Waals surface area contributed by atoms with Crippen LogP contribution in [0.15, 0.2) is 59.8 Å². The average Bonchev–Trinajstić information content (AvgIpc) is 3.14. The van der Waals surface area contributed by atoms with Crippen LogP contribution in [0.5, 0.6) is 5.75 Å². The summed E-state index contributed by atoms with van der Waals surface area (Å²) in [7, 11) is 1.96. The average molecular weight is 437 g/mol. The molecule has 2 heterocycles. The fourth-order valence-corrected chi connectivity index (χ4v) is 3.84. The summed E-state index contributed by atoms with van der Waals surface area (Å²) in [6.45, 7) is 5.83. The zero-order valence-corrected chi connectivity index (χ0v) is 18.7. The molecule has 6 nitrogen and oxygen atoms in total. The minimum atomic E-state index is -0.208. The number of aryl methyl sites for hydroxylation is 1. The molecule has 7 heteroatoms. The van der Waals surface area contributed by atoms with Crippen molar-refractivity contribution in [1.82, 2.24) is 14.5 Å². The molecule has 0 bridgehead atoms. The fourth-order valence-electron chi connectivity index (χ4n) is 3.62. The summed E-state index contributed by atoms with van der Waals surface area (Å²) >= 11 is 6.39. The van der Waals surface area contributed by atoms with Gasteiger partial charge in [-0.25, -0.2) is 4.98 Å². The van der Waals surface area contributed by atoms with E-state index in [1.165, 1.54) is 0 Å². The quantitative estimate of drug-likeness (QED) is 0.416. The van der Waals surface area contributed by atoms with Crippen molar-refractivity contribution in [3.8, 4) is 17.0 Å². The Kier molecular flexibility index (Phi) is 5.74. The number of pyridine rings is 1. The minimum absolute atomic E-state index is 0.00715. The Labute approximate surface area is 185 Å². The zero-order chi connectivity index (χ0) is 22.1. The first kappa shape index (κ1) is 21.0. The lowest BCUT2D eigenvalue weighted by Gasteiger charge is -2.17. The first-order chi connectivity index (χ1) is 14.8. The number of ether oxygens (including phenoxy) is 1. The second-order valence-corrected chi connectivity index (χ2v) is 8.33. The second-order valence-electron chi connectivity index (χ2n) is 7.93. The number of aromatic nitrogens is 3. The molecule has 31 heavy (non-hydrogen) atoms. The molecule has 2 N–H and O–H groups in total. The van der Waals surface area contributed by atoms with Gasteiger partial charge in [0.05, 0.1) is 40.9 Å². The number of anilines is 1. The smallest absolute Gasteiger partial charge is 0.253 e. The Balaban J connectivity index is 1.63. The number of fused-ring (bicyclic) bond motifs is 1. The third-order valence-corrected chi connectivity index (χ3v) is 5.41. The van der Waals surface area contributed by atoms with E-state index in [1.807, 2.05) is 68.9 Å². The number of aromatic amines is 1. The van der Waals surface area contributed by atoms with Gasteiger partial charge < -0.3 is 19.6 Å². The molecule has 0 fully saturated rings. The number of halogens is 1. The summed E-state index contributed by atoms with van der Waals surface area (Å²) in [5.41, 5.74) is 4.17. The highest BCUT2D eigenvalue weighted by Crippen LogP contribution is 2.31. The number of imidazole rings is 1. The predicted octanol–water partition coefficient (Wildman–Crippen LogP) is 5.54. The summed E-state index contributed by atoms with van der Waals surface area (Å²) in [6.07, 6.45) is 3.60. The van der Waals surface area contributed by atoms with Crippen LogP contribution in [0, 0.1) is 0 Å². The molecular weight excluding hydrogens is 412 g/mol. The molecule has 0 amide bonds. The minimum Gasteiger partial charge on any atom is -0.489 e. The molecule has 0 aliphatic rings. The number of nitrogens with one attached hydrogen (secondary N) is 2. The van der Waals surface area contributed by atoms with Crippen LogP contribution in [-0.4, -0.2) is 20.6 Å². The fraction of sp³-hybridized carbons (Fsp3) is 0.250. The third-order valence-electron chi connectivity index (χ3n) is 5.11. The van der Waals surface area contributed by atoms with E-state index < -0.39 is 0 Å². The highest BCUT2D eigenvalue weighted by Gasteiger charge is 2.14. The Morgan fingerprint density at radius 3 is 2.68 bits per heavy atom. The van der Waals surface area contributed by atoms with Crippen LogP contribution in [0.1, 0.15) is 32.4 Å². The number of rotatable bonds is 6. The van der Waals surface area contributed by atoms with Crippen LogP contribution in [0.4, 0.5) is 5.69 Å². The van der Waals surface area contributed by atoms with Crippen LogP contribution >= 0.6 is 11.6 Å².